The molecule has 0 N–H and O–H groups in total. The quantitative estimate of drug-likeness (QED) is 0.713. The first-order chi connectivity index (χ1) is 11.0. The molecule has 23 heavy (non-hydrogen) atoms. The van der Waals surface area contributed by atoms with E-state index in [0.717, 1.165) is 24.3 Å². The maximum Gasteiger partial charge on any atom is 0.306 e. The van der Waals surface area contributed by atoms with Crippen molar-refractivity contribution in [3.8, 4) is 5.75 Å². The number of hydrogen-bond acceptors (Lipinski definition) is 4. The number of methoxy groups -OCH3 is 1. The molecule has 1 aromatic carbocycles. The van der Waals surface area contributed by atoms with Crippen molar-refractivity contribution in [2.24, 2.45) is 0 Å². The van der Waals surface area contributed by atoms with Gasteiger partial charge in [-0.3, -0.25) is 9.69 Å². The van der Waals surface area contributed by atoms with Gasteiger partial charge in [0.25, 0.3) is 0 Å². The summed E-state index contributed by atoms with van der Waals surface area (Å²) in [4.78, 5) is 14.4. The van der Waals surface area contributed by atoms with Crippen LogP contribution in [0.15, 0.2) is 24.3 Å². The lowest BCUT2D eigenvalue weighted by Crippen LogP contribution is -2.36. The molecule has 0 aliphatic carbocycles. The van der Waals surface area contributed by atoms with Gasteiger partial charge in [-0.2, -0.15) is 0 Å². The van der Waals surface area contributed by atoms with Crippen molar-refractivity contribution in [3.05, 3.63) is 29.8 Å². The smallest absolute Gasteiger partial charge is 0.306 e. The summed E-state index contributed by atoms with van der Waals surface area (Å²) in [5, 5.41) is 0. The molecule has 0 saturated carbocycles. The number of esters is 1. The van der Waals surface area contributed by atoms with E-state index < -0.39 is 0 Å². The topological polar surface area (TPSA) is 38.8 Å². The SMILES string of the molecule is CCC(=O)OC(CC1CCCN1C(C)C)c1cccc(OC)c1. The molecule has 1 aliphatic heterocycles. The third-order valence-electron chi connectivity index (χ3n) is 4.60. The van der Waals surface area contributed by atoms with Crippen LogP contribution in [0.3, 0.4) is 0 Å². The highest BCUT2D eigenvalue weighted by atomic mass is 16.5. The lowest BCUT2D eigenvalue weighted by atomic mass is 9.99. The number of nitrogens with zero attached hydrogens (tertiary/aromatic N) is 1. The van der Waals surface area contributed by atoms with Gasteiger partial charge in [-0.15, -0.1) is 0 Å². The Balaban J connectivity index is 2.18. The molecule has 0 aromatic heterocycles. The second-order valence-corrected chi connectivity index (χ2v) is 6.47. The summed E-state index contributed by atoms with van der Waals surface area (Å²) in [7, 11) is 1.66. The molecule has 1 heterocycles. The van der Waals surface area contributed by atoms with Gasteiger partial charge in [0, 0.05) is 24.9 Å². The van der Waals surface area contributed by atoms with E-state index >= 15 is 0 Å². The Morgan fingerprint density at radius 2 is 2.17 bits per heavy atom. The maximum absolute atomic E-state index is 11.9. The largest absolute Gasteiger partial charge is 0.497 e. The molecule has 0 radical (unpaired) electrons. The molecule has 1 aromatic rings. The monoisotopic (exact) mass is 319 g/mol. The number of likely N-dealkylation sites (tertiary alicyclic amines) is 1. The van der Waals surface area contributed by atoms with Crippen LogP contribution >= 0.6 is 0 Å². The van der Waals surface area contributed by atoms with Gasteiger partial charge in [0.05, 0.1) is 7.11 Å². The molecule has 1 aliphatic rings. The zero-order chi connectivity index (χ0) is 16.8. The molecule has 2 rings (SSSR count). The molecule has 4 heteroatoms. The van der Waals surface area contributed by atoms with Crippen LogP contribution in [-0.2, 0) is 9.53 Å². The Labute approximate surface area is 139 Å². The number of rotatable bonds is 7. The van der Waals surface area contributed by atoms with Gasteiger partial charge in [0.15, 0.2) is 0 Å². The lowest BCUT2D eigenvalue weighted by molar-refractivity contribution is -0.150. The van der Waals surface area contributed by atoms with E-state index in [1.54, 1.807) is 7.11 Å². The van der Waals surface area contributed by atoms with Crippen LogP contribution in [0.25, 0.3) is 0 Å². The van der Waals surface area contributed by atoms with Crippen molar-refractivity contribution < 1.29 is 14.3 Å². The van der Waals surface area contributed by atoms with Crippen LogP contribution in [0.5, 0.6) is 5.75 Å². The first kappa shape index (κ1) is 17.8. The molecule has 1 fully saturated rings. The molecule has 0 bridgehead atoms. The molecule has 0 amide bonds. The minimum Gasteiger partial charge on any atom is -0.497 e. The van der Waals surface area contributed by atoms with Gasteiger partial charge in [-0.1, -0.05) is 19.1 Å². The molecule has 2 unspecified atom stereocenters. The van der Waals surface area contributed by atoms with E-state index in [9.17, 15) is 4.79 Å². The van der Waals surface area contributed by atoms with E-state index in [1.807, 2.05) is 31.2 Å². The third kappa shape index (κ3) is 4.71. The Hall–Kier alpha value is -1.55. The number of benzene rings is 1. The minimum atomic E-state index is -0.207. The normalized spacial score (nSPS) is 19.8. The van der Waals surface area contributed by atoms with Crippen LogP contribution in [-0.4, -0.2) is 36.6 Å². The van der Waals surface area contributed by atoms with Crippen LogP contribution in [0, 0.1) is 0 Å². The number of carbonyl (C=O) groups is 1. The zero-order valence-corrected chi connectivity index (χ0v) is 14.7. The Kier molecular flexibility index (Phi) is 6.46. The van der Waals surface area contributed by atoms with Crippen molar-refractivity contribution in [2.75, 3.05) is 13.7 Å². The van der Waals surface area contributed by atoms with Gasteiger partial charge in [0.2, 0.25) is 0 Å². The zero-order valence-electron chi connectivity index (χ0n) is 14.7. The van der Waals surface area contributed by atoms with Gasteiger partial charge in [-0.25, -0.2) is 0 Å². The van der Waals surface area contributed by atoms with Crippen molar-refractivity contribution in [1.82, 2.24) is 4.90 Å². The molecule has 2 atom stereocenters. The van der Waals surface area contributed by atoms with Crippen LogP contribution in [0.1, 0.15) is 58.1 Å². The van der Waals surface area contributed by atoms with E-state index in [4.69, 9.17) is 9.47 Å². The molecule has 4 nitrogen and oxygen atoms in total. The fourth-order valence-corrected chi connectivity index (χ4v) is 3.37. The molecule has 0 spiro atoms. The summed E-state index contributed by atoms with van der Waals surface area (Å²) < 4.78 is 11.1. The predicted molar refractivity (Wildman–Crippen MR) is 91.6 cm³/mol. The molecule has 128 valence electrons. The van der Waals surface area contributed by atoms with Gasteiger partial charge in [-0.05, 0) is 50.9 Å². The average Bonchev–Trinajstić information content (AvgIpc) is 3.02. The Morgan fingerprint density at radius 3 is 2.83 bits per heavy atom. The van der Waals surface area contributed by atoms with Crippen LogP contribution in [0.4, 0.5) is 0 Å². The summed E-state index contributed by atoms with van der Waals surface area (Å²) in [5.74, 6) is 0.652. The van der Waals surface area contributed by atoms with Crippen molar-refractivity contribution in [2.45, 2.75) is 64.6 Å². The van der Waals surface area contributed by atoms with E-state index in [-0.39, 0.29) is 12.1 Å². The van der Waals surface area contributed by atoms with Crippen molar-refractivity contribution in [3.63, 3.8) is 0 Å². The van der Waals surface area contributed by atoms with Gasteiger partial charge in [0.1, 0.15) is 11.9 Å². The second-order valence-electron chi connectivity index (χ2n) is 6.47. The fourth-order valence-electron chi connectivity index (χ4n) is 3.37. The van der Waals surface area contributed by atoms with E-state index in [1.165, 1.54) is 12.8 Å². The summed E-state index contributed by atoms with van der Waals surface area (Å²) in [6.45, 7) is 7.43. The van der Waals surface area contributed by atoms with Crippen LogP contribution in [0.2, 0.25) is 0 Å². The first-order valence-electron chi connectivity index (χ1n) is 8.64. The summed E-state index contributed by atoms with van der Waals surface area (Å²) in [6, 6.07) is 8.85. The highest BCUT2D eigenvalue weighted by molar-refractivity contribution is 5.69. The Morgan fingerprint density at radius 1 is 1.39 bits per heavy atom. The van der Waals surface area contributed by atoms with Gasteiger partial charge < -0.3 is 9.47 Å². The third-order valence-corrected chi connectivity index (χ3v) is 4.60. The average molecular weight is 319 g/mol. The highest BCUT2D eigenvalue weighted by Crippen LogP contribution is 2.32. The number of carbonyl (C=O) groups excluding carboxylic acids is 1. The number of hydrogen-bond donors (Lipinski definition) is 0. The molecule has 1 saturated heterocycles. The standard InChI is InChI=1S/C19H29NO3/c1-5-19(21)23-18(15-8-6-10-17(12-15)22-4)13-16-9-7-11-20(16)14(2)3/h6,8,10,12,14,16,18H,5,7,9,11,13H2,1-4H3. The Bertz CT molecular complexity index is 515. The van der Waals surface area contributed by atoms with Crippen LogP contribution < -0.4 is 4.74 Å². The first-order valence-corrected chi connectivity index (χ1v) is 8.64. The predicted octanol–water partition coefficient (Wildman–Crippen LogP) is 3.95. The maximum atomic E-state index is 11.9. The fraction of sp³-hybridized carbons (Fsp3) is 0.632. The second kappa shape index (κ2) is 8.34. The highest BCUT2D eigenvalue weighted by Gasteiger charge is 2.30. The molecular formula is C19H29NO3. The van der Waals surface area contributed by atoms with E-state index in [2.05, 4.69) is 18.7 Å². The summed E-state index contributed by atoms with van der Waals surface area (Å²) in [5.41, 5.74) is 1.02. The minimum absolute atomic E-state index is 0.146. The number of ether oxygens (including phenoxy) is 2. The lowest BCUT2D eigenvalue weighted by Gasteiger charge is -2.31. The van der Waals surface area contributed by atoms with Gasteiger partial charge >= 0.3 is 5.97 Å². The van der Waals surface area contributed by atoms with E-state index in [0.29, 0.717) is 18.5 Å². The molecular weight excluding hydrogens is 290 g/mol. The summed E-state index contributed by atoms with van der Waals surface area (Å²) in [6.07, 6.45) is 3.43. The van der Waals surface area contributed by atoms with Crippen molar-refractivity contribution >= 4 is 5.97 Å². The van der Waals surface area contributed by atoms with Crippen molar-refractivity contribution in [1.29, 1.82) is 0 Å². The summed E-state index contributed by atoms with van der Waals surface area (Å²) >= 11 is 0.